The van der Waals surface area contributed by atoms with E-state index < -0.39 is 9.84 Å². The average molecular weight is 488 g/mol. The third kappa shape index (κ3) is 5.15. The zero-order chi connectivity index (χ0) is 24.4. The number of nitrogens with zero attached hydrogens (tertiary/aromatic N) is 2. The van der Waals surface area contributed by atoms with Gasteiger partial charge in [0, 0.05) is 17.3 Å². The van der Waals surface area contributed by atoms with Crippen molar-refractivity contribution in [2.24, 2.45) is 0 Å². The first-order valence-corrected chi connectivity index (χ1v) is 13.9. The molecular formula is C28H29N3O3S. The highest BCUT2D eigenvalue weighted by atomic mass is 32.2. The van der Waals surface area contributed by atoms with E-state index >= 15 is 0 Å². The Kier molecular flexibility index (Phi) is 6.43. The third-order valence-corrected chi connectivity index (χ3v) is 7.93. The lowest BCUT2D eigenvalue weighted by molar-refractivity contribution is 0.102. The van der Waals surface area contributed by atoms with Gasteiger partial charge in [0.05, 0.1) is 17.0 Å². The quantitative estimate of drug-likeness (QED) is 0.373. The Labute approximate surface area is 205 Å². The van der Waals surface area contributed by atoms with Gasteiger partial charge in [-0.1, -0.05) is 61.7 Å². The predicted octanol–water partition coefficient (Wildman–Crippen LogP) is 5.79. The fourth-order valence-electron chi connectivity index (χ4n) is 4.90. The summed E-state index contributed by atoms with van der Waals surface area (Å²) >= 11 is 0. The molecule has 1 aromatic heterocycles. The summed E-state index contributed by atoms with van der Waals surface area (Å²) in [4.78, 5) is 13.5. The molecule has 0 atom stereocenters. The Morgan fingerprint density at radius 1 is 0.943 bits per heavy atom. The molecule has 0 bridgehead atoms. The molecule has 180 valence electrons. The monoisotopic (exact) mass is 487 g/mol. The van der Waals surface area contributed by atoms with Crippen LogP contribution in [-0.4, -0.2) is 30.4 Å². The maximum Gasteiger partial charge on any atom is 0.276 e. The molecule has 0 saturated heterocycles. The summed E-state index contributed by atoms with van der Waals surface area (Å²) in [6.07, 6.45) is 7.59. The van der Waals surface area contributed by atoms with E-state index in [9.17, 15) is 13.2 Å². The normalized spacial score (nSPS) is 14.8. The number of anilines is 1. The minimum absolute atomic E-state index is 0.252. The van der Waals surface area contributed by atoms with Gasteiger partial charge in [0.25, 0.3) is 5.91 Å². The zero-order valence-electron chi connectivity index (χ0n) is 19.8. The molecule has 1 amide bonds. The molecule has 1 aliphatic carbocycles. The van der Waals surface area contributed by atoms with E-state index in [-0.39, 0.29) is 10.8 Å². The van der Waals surface area contributed by atoms with Gasteiger partial charge in [-0.2, -0.15) is 5.10 Å². The van der Waals surface area contributed by atoms with Crippen LogP contribution < -0.4 is 5.32 Å². The van der Waals surface area contributed by atoms with Crippen molar-refractivity contribution in [1.82, 2.24) is 9.78 Å². The van der Waals surface area contributed by atoms with Crippen molar-refractivity contribution in [1.29, 1.82) is 0 Å². The van der Waals surface area contributed by atoms with E-state index in [4.69, 9.17) is 0 Å². The van der Waals surface area contributed by atoms with Crippen molar-refractivity contribution in [3.05, 3.63) is 89.6 Å². The van der Waals surface area contributed by atoms with Crippen molar-refractivity contribution >= 4 is 32.3 Å². The van der Waals surface area contributed by atoms with Gasteiger partial charge < -0.3 is 5.32 Å². The van der Waals surface area contributed by atoms with Crippen molar-refractivity contribution in [2.45, 2.75) is 49.5 Å². The van der Waals surface area contributed by atoms with Gasteiger partial charge in [0.15, 0.2) is 15.5 Å². The van der Waals surface area contributed by atoms with Crippen molar-refractivity contribution in [3.8, 4) is 0 Å². The molecule has 35 heavy (non-hydrogen) atoms. The molecule has 4 aromatic rings. The van der Waals surface area contributed by atoms with E-state index in [1.54, 1.807) is 28.9 Å². The smallest absolute Gasteiger partial charge is 0.276 e. The topological polar surface area (TPSA) is 81.1 Å². The number of rotatable bonds is 6. The van der Waals surface area contributed by atoms with E-state index in [0.29, 0.717) is 18.2 Å². The van der Waals surface area contributed by atoms with Gasteiger partial charge in [0.1, 0.15) is 0 Å². The lowest BCUT2D eigenvalue weighted by atomic mass is 9.84. The highest BCUT2D eigenvalue weighted by molar-refractivity contribution is 7.90. The molecule has 7 heteroatoms. The number of hydrogen-bond acceptors (Lipinski definition) is 4. The van der Waals surface area contributed by atoms with E-state index in [0.717, 1.165) is 22.2 Å². The van der Waals surface area contributed by atoms with Gasteiger partial charge in [-0.05, 0) is 60.2 Å². The number of carbonyl (C=O) groups is 1. The van der Waals surface area contributed by atoms with Gasteiger partial charge in [0.2, 0.25) is 0 Å². The summed E-state index contributed by atoms with van der Waals surface area (Å²) in [6, 6.07) is 22.6. The summed E-state index contributed by atoms with van der Waals surface area (Å²) in [5, 5.41) is 8.40. The molecule has 1 heterocycles. The second-order valence-corrected chi connectivity index (χ2v) is 11.4. The molecule has 0 radical (unpaired) electrons. The number of sulfone groups is 1. The maximum atomic E-state index is 13.2. The first kappa shape index (κ1) is 23.3. The fraction of sp³-hybridized carbons (Fsp3) is 0.286. The molecule has 1 N–H and O–H groups in total. The Morgan fingerprint density at radius 3 is 2.31 bits per heavy atom. The predicted molar refractivity (Wildman–Crippen MR) is 139 cm³/mol. The molecule has 5 rings (SSSR count). The largest absolute Gasteiger partial charge is 0.321 e. The Hall–Kier alpha value is -3.45. The van der Waals surface area contributed by atoms with Crippen LogP contribution in [0.2, 0.25) is 0 Å². The summed E-state index contributed by atoms with van der Waals surface area (Å²) in [6.45, 7) is 0.425. The van der Waals surface area contributed by atoms with Crippen LogP contribution in [0.25, 0.3) is 10.9 Å². The highest BCUT2D eigenvalue weighted by Gasteiger charge is 2.19. The molecule has 1 saturated carbocycles. The molecule has 1 aliphatic rings. The van der Waals surface area contributed by atoms with Gasteiger partial charge in [-0.3, -0.25) is 9.48 Å². The van der Waals surface area contributed by atoms with Crippen LogP contribution in [0.3, 0.4) is 0 Å². The van der Waals surface area contributed by atoms with Crippen molar-refractivity contribution < 1.29 is 13.2 Å². The minimum atomic E-state index is -3.25. The van der Waals surface area contributed by atoms with Crippen LogP contribution in [0.15, 0.2) is 77.7 Å². The van der Waals surface area contributed by atoms with Gasteiger partial charge in [-0.25, -0.2) is 8.42 Å². The molecule has 0 unspecified atom stereocenters. The van der Waals surface area contributed by atoms with E-state index in [1.807, 2.05) is 36.4 Å². The minimum Gasteiger partial charge on any atom is -0.321 e. The third-order valence-electron chi connectivity index (χ3n) is 6.80. The van der Waals surface area contributed by atoms with E-state index in [2.05, 4.69) is 22.5 Å². The van der Waals surface area contributed by atoms with Crippen LogP contribution in [-0.2, 0) is 16.4 Å². The molecule has 1 fully saturated rings. The number of amides is 1. The standard InChI is InChI=1S/C28H29N3O3S/c1-35(33,34)24-17-11-20(12-18-24)19-31-26-10-6-5-9-25(26)27(30-31)28(32)29-23-15-13-22(14-16-23)21-7-3-2-4-8-21/h5-6,9-18,21H,2-4,7-8,19H2,1H3,(H,29,32). The van der Waals surface area contributed by atoms with Crippen molar-refractivity contribution in [2.75, 3.05) is 11.6 Å². The molecule has 0 aliphatic heterocycles. The SMILES string of the molecule is CS(=O)(=O)c1ccc(Cn2nc(C(=O)Nc3ccc(C4CCCCC4)cc3)c3ccccc32)cc1. The Balaban J connectivity index is 1.36. The van der Waals surface area contributed by atoms with E-state index in [1.165, 1.54) is 43.9 Å². The Bertz CT molecular complexity index is 1450. The van der Waals surface area contributed by atoms with Crippen LogP contribution in [0.5, 0.6) is 0 Å². The lowest BCUT2D eigenvalue weighted by Crippen LogP contribution is -2.14. The van der Waals surface area contributed by atoms with Crippen LogP contribution >= 0.6 is 0 Å². The lowest BCUT2D eigenvalue weighted by Gasteiger charge is -2.22. The van der Waals surface area contributed by atoms with Crippen LogP contribution in [0, 0.1) is 0 Å². The fourth-order valence-corrected chi connectivity index (χ4v) is 5.53. The summed E-state index contributed by atoms with van der Waals surface area (Å²) in [7, 11) is -3.25. The number of nitrogens with one attached hydrogen (secondary N) is 1. The number of para-hydroxylation sites is 1. The second kappa shape index (κ2) is 9.66. The van der Waals surface area contributed by atoms with Crippen LogP contribution in [0.1, 0.15) is 59.6 Å². The maximum absolute atomic E-state index is 13.2. The molecule has 0 spiro atoms. The number of hydrogen-bond donors (Lipinski definition) is 1. The number of benzene rings is 3. The first-order valence-electron chi connectivity index (χ1n) is 12.0. The summed E-state index contributed by atoms with van der Waals surface area (Å²) in [5.74, 6) is 0.373. The summed E-state index contributed by atoms with van der Waals surface area (Å²) in [5.41, 5.74) is 4.21. The number of carbonyl (C=O) groups excluding carboxylic acids is 1. The molecular weight excluding hydrogens is 458 g/mol. The first-order chi connectivity index (χ1) is 16.9. The average Bonchev–Trinajstić information content (AvgIpc) is 3.23. The van der Waals surface area contributed by atoms with Gasteiger partial charge in [-0.15, -0.1) is 0 Å². The second-order valence-electron chi connectivity index (χ2n) is 9.35. The highest BCUT2D eigenvalue weighted by Crippen LogP contribution is 2.33. The molecule has 6 nitrogen and oxygen atoms in total. The molecule has 3 aromatic carbocycles. The van der Waals surface area contributed by atoms with Crippen molar-refractivity contribution in [3.63, 3.8) is 0 Å². The van der Waals surface area contributed by atoms with Gasteiger partial charge >= 0.3 is 0 Å². The van der Waals surface area contributed by atoms with Crippen LogP contribution in [0.4, 0.5) is 5.69 Å². The number of fused-ring (bicyclic) bond motifs is 1. The zero-order valence-corrected chi connectivity index (χ0v) is 20.6. The Morgan fingerprint density at radius 2 is 1.63 bits per heavy atom. The summed E-state index contributed by atoms with van der Waals surface area (Å²) < 4.78 is 25.3. The number of aromatic nitrogens is 2.